The number of nitrogens with zero attached hydrogens (tertiary/aromatic N) is 2. The molecule has 5 nitrogen and oxygen atoms in total. The lowest BCUT2D eigenvalue weighted by atomic mass is 10.2. The number of amides is 1. The van der Waals surface area contributed by atoms with E-state index in [1.54, 1.807) is 24.3 Å². The predicted molar refractivity (Wildman–Crippen MR) is 90.8 cm³/mol. The van der Waals surface area contributed by atoms with Crippen molar-refractivity contribution in [2.45, 2.75) is 12.8 Å². The molecule has 0 saturated heterocycles. The molecule has 3 aromatic rings. The van der Waals surface area contributed by atoms with E-state index in [1.807, 2.05) is 12.1 Å². The average Bonchev–Trinajstić information content (AvgIpc) is 3.05. The molecule has 1 aromatic heterocycles. The van der Waals surface area contributed by atoms with Gasteiger partial charge in [-0.1, -0.05) is 21.1 Å². The molecular formula is C17H13BrFN3O2. The first-order valence-corrected chi connectivity index (χ1v) is 8.03. The summed E-state index contributed by atoms with van der Waals surface area (Å²) in [5.41, 5.74) is 1.38. The van der Waals surface area contributed by atoms with Gasteiger partial charge in [0.1, 0.15) is 5.82 Å². The summed E-state index contributed by atoms with van der Waals surface area (Å²) in [5.74, 6) is 0.268. The Balaban J connectivity index is 1.56. The Hall–Kier alpha value is -2.54. The standard InChI is InChI=1S/C17H13BrFN3O2/c18-12-3-7-14(8-4-12)20-15(23)9-10-16-21-17(22-24-16)11-1-5-13(19)6-2-11/h1-8H,9-10H2,(H,20,23). The van der Waals surface area contributed by atoms with Gasteiger partial charge < -0.3 is 9.84 Å². The van der Waals surface area contributed by atoms with E-state index in [-0.39, 0.29) is 18.1 Å². The molecule has 0 saturated carbocycles. The largest absolute Gasteiger partial charge is 0.339 e. The van der Waals surface area contributed by atoms with Crippen LogP contribution in [-0.2, 0) is 11.2 Å². The summed E-state index contributed by atoms with van der Waals surface area (Å²) in [6, 6.07) is 13.1. The number of halogens is 2. The molecule has 0 atom stereocenters. The lowest BCUT2D eigenvalue weighted by Crippen LogP contribution is -2.12. The van der Waals surface area contributed by atoms with Crippen LogP contribution >= 0.6 is 15.9 Å². The normalized spacial score (nSPS) is 10.6. The highest BCUT2D eigenvalue weighted by Gasteiger charge is 2.11. The lowest BCUT2D eigenvalue weighted by Gasteiger charge is -2.03. The van der Waals surface area contributed by atoms with Crippen LogP contribution in [0.25, 0.3) is 11.4 Å². The topological polar surface area (TPSA) is 68.0 Å². The van der Waals surface area contributed by atoms with Gasteiger partial charge in [0, 0.05) is 28.6 Å². The molecule has 122 valence electrons. The molecule has 2 aromatic carbocycles. The molecule has 7 heteroatoms. The van der Waals surface area contributed by atoms with Crippen LogP contribution in [0.4, 0.5) is 10.1 Å². The SMILES string of the molecule is O=C(CCc1nc(-c2ccc(F)cc2)no1)Nc1ccc(Br)cc1. The van der Waals surface area contributed by atoms with E-state index in [1.165, 1.54) is 12.1 Å². The lowest BCUT2D eigenvalue weighted by molar-refractivity contribution is -0.116. The maximum absolute atomic E-state index is 12.9. The van der Waals surface area contributed by atoms with Crippen molar-refractivity contribution in [1.29, 1.82) is 0 Å². The van der Waals surface area contributed by atoms with Gasteiger partial charge >= 0.3 is 0 Å². The number of hydrogen-bond acceptors (Lipinski definition) is 4. The third kappa shape index (κ3) is 4.26. The first-order chi connectivity index (χ1) is 11.6. The van der Waals surface area contributed by atoms with Gasteiger partial charge in [-0.05, 0) is 48.5 Å². The summed E-state index contributed by atoms with van der Waals surface area (Å²) >= 11 is 3.34. The minimum Gasteiger partial charge on any atom is -0.339 e. The van der Waals surface area contributed by atoms with Crippen molar-refractivity contribution >= 4 is 27.5 Å². The molecule has 1 heterocycles. The Morgan fingerprint density at radius 3 is 2.54 bits per heavy atom. The Morgan fingerprint density at radius 2 is 1.83 bits per heavy atom. The third-order valence-corrected chi connectivity index (χ3v) is 3.79. The second-order valence-electron chi connectivity index (χ2n) is 5.07. The van der Waals surface area contributed by atoms with Crippen LogP contribution in [-0.4, -0.2) is 16.0 Å². The van der Waals surface area contributed by atoms with Crippen LogP contribution < -0.4 is 5.32 Å². The zero-order chi connectivity index (χ0) is 16.9. The fourth-order valence-electron chi connectivity index (χ4n) is 2.05. The monoisotopic (exact) mass is 389 g/mol. The molecule has 1 amide bonds. The van der Waals surface area contributed by atoms with Gasteiger partial charge in [-0.2, -0.15) is 4.98 Å². The number of aromatic nitrogens is 2. The second-order valence-corrected chi connectivity index (χ2v) is 5.99. The third-order valence-electron chi connectivity index (χ3n) is 3.26. The van der Waals surface area contributed by atoms with Gasteiger partial charge in [0.15, 0.2) is 0 Å². The van der Waals surface area contributed by atoms with Crippen molar-refractivity contribution < 1.29 is 13.7 Å². The summed E-state index contributed by atoms with van der Waals surface area (Å²) in [5, 5.41) is 6.64. The van der Waals surface area contributed by atoms with Crippen molar-refractivity contribution in [3.8, 4) is 11.4 Å². The number of carbonyl (C=O) groups is 1. The van der Waals surface area contributed by atoms with Crippen LogP contribution in [0.1, 0.15) is 12.3 Å². The fourth-order valence-corrected chi connectivity index (χ4v) is 2.31. The van der Waals surface area contributed by atoms with Gasteiger partial charge in [-0.25, -0.2) is 4.39 Å². The van der Waals surface area contributed by atoms with Crippen molar-refractivity contribution in [3.05, 3.63) is 64.7 Å². The summed E-state index contributed by atoms with van der Waals surface area (Å²) in [6.45, 7) is 0. The summed E-state index contributed by atoms with van der Waals surface area (Å²) in [7, 11) is 0. The Morgan fingerprint density at radius 1 is 1.12 bits per heavy atom. The van der Waals surface area contributed by atoms with Gasteiger partial charge in [0.05, 0.1) is 0 Å². The van der Waals surface area contributed by atoms with Crippen LogP contribution in [0.15, 0.2) is 57.5 Å². The van der Waals surface area contributed by atoms with Crippen molar-refractivity contribution in [3.63, 3.8) is 0 Å². The minimum absolute atomic E-state index is 0.140. The molecule has 0 fully saturated rings. The first kappa shape index (κ1) is 16.3. The predicted octanol–water partition coefficient (Wildman–Crippen LogP) is 4.21. The summed E-state index contributed by atoms with van der Waals surface area (Å²) in [6.07, 6.45) is 0.553. The van der Waals surface area contributed by atoms with Crippen LogP contribution in [0.5, 0.6) is 0 Å². The van der Waals surface area contributed by atoms with Crippen LogP contribution in [0.2, 0.25) is 0 Å². The van der Waals surface area contributed by atoms with Gasteiger partial charge in [-0.3, -0.25) is 4.79 Å². The number of aryl methyl sites for hydroxylation is 1. The smallest absolute Gasteiger partial charge is 0.227 e. The second kappa shape index (κ2) is 7.35. The Kier molecular flexibility index (Phi) is 5.00. The van der Waals surface area contributed by atoms with Gasteiger partial charge in [-0.15, -0.1) is 0 Å². The Bertz CT molecular complexity index is 832. The molecule has 0 bridgehead atoms. The van der Waals surface area contributed by atoms with E-state index in [9.17, 15) is 9.18 Å². The van der Waals surface area contributed by atoms with Crippen molar-refractivity contribution in [2.24, 2.45) is 0 Å². The maximum Gasteiger partial charge on any atom is 0.227 e. The van der Waals surface area contributed by atoms with Crippen molar-refractivity contribution in [1.82, 2.24) is 10.1 Å². The molecule has 0 radical (unpaired) electrons. The fraction of sp³-hybridized carbons (Fsp3) is 0.118. The molecule has 0 aliphatic carbocycles. The van der Waals surface area contributed by atoms with Crippen LogP contribution in [0, 0.1) is 5.82 Å². The maximum atomic E-state index is 12.9. The number of anilines is 1. The molecule has 1 N–H and O–H groups in total. The average molecular weight is 390 g/mol. The molecular weight excluding hydrogens is 377 g/mol. The highest BCUT2D eigenvalue weighted by molar-refractivity contribution is 9.10. The zero-order valence-electron chi connectivity index (χ0n) is 12.5. The van der Waals surface area contributed by atoms with E-state index in [4.69, 9.17) is 4.52 Å². The van der Waals surface area contributed by atoms with E-state index in [0.717, 1.165) is 10.2 Å². The quantitative estimate of drug-likeness (QED) is 0.709. The summed E-state index contributed by atoms with van der Waals surface area (Å²) < 4.78 is 19.0. The zero-order valence-corrected chi connectivity index (χ0v) is 14.1. The number of rotatable bonds is 5. The number of nitrogens with one attached hydrogen (secondary N) is 1. The highest BCUT2D eigenvalue weighted by Crippen LogP contribution is 2.17. The molecule has 3 rings (SSSR count). The summed E-state index contributed by atoms with van der Waals surface area (Å²) in [4.78, 5) is 16.1. The van der Waals surface area contributed by atoms with E-state index in [2.05, 4.69) is 31.4 Å². The first-order valence-electron chi connectivity index (χ1n) is 7.24. The van der Waals surface area contributed by atoms with Crippen LogP contribution in [0.3, 0.4) is 0 Å². The molecule has 0 aliphatic heterocycles. The van der Waals surface area contributed by atoms with E-state index in [0.29, 0.717) is 23.7 Å². The number of benzene rings is 2. The van der Waals surface area contributed by atoms with E-state index < -0.39 is 0 Å². The van der Waals surface area contributed by atoms with Crippen molar-refractivity contribution in [2.75, 3.05) is 5.32 Å². The Labute approximate surface area is 146 Å². The molecule has 0 aliphatic rings. The molecule has 0 spiro atoms. The van der Waals surface area contributed by atoms with Gasteiger partial charge in [0.25, 0.3) is 0 Å². The number of carbonyl (C=O) groups excluding carboxylic acids is 1. The molecule has 24 heavy (non-hydrogen) atoms. The van der Waals surface area contributed by atoms with Gasteiger partial charge in [0.2, 0.25) is 17.6 Å². The van der Waals surface area contributed by atoms with E-state index >= 15 is 0 Å². The minimum atomic E-state index is -0.327. The molecule has 0 unspecified atom stereocenters. The highest BCUT2D eigenvalue weighted by atomic mass is 79.9. The number of hydrogen-bond donors (Lipinski definition) is 1.